The summed E-state index contributed by atoms with van der Waals surface area (Å²) >= 11 is 0. The van der Waals surface area contributed by atoms with Crippen LogP contribution in [-0.4, -0.2) is 40.9 Å². The van der Waals surface area contributed by atoms with Crippen LogP contribution in [0.1, 0.15) is 35.7 Å². The summed E-state index contributed by atoms with van der Waals surface area (Å²) in [7, 11) is 1.83. The summed E-state index contributed by atoms with van der Waals surface area (Å²) in [5.74, 6) is 3.29. The van der Waals surface area contributed by atoms with Crippen LogP contribution in [0.4, 0.5) is 5.82 Å². The van der Waals surface area contributed by atoms with Gasteiger partial charge in [-0.2, -0.15) is 4.98 Å². The van der Waals surface area contributed by atoms with E-state index in [0.717, 1.165) is 47.7 Å². The van der Waals surface area contributed by atoms with Crippen molar-refractivity contribution in [1.29, 1.82) is 0 Å². The predicted molar refractivity (Wildman–Crippen MR) is 106 cm³/mol. The van der Waals surface area contributed by atoms with Crippen molar-refractivity contribution in [2.75, 3.05) is 25.0 Å². The maximum Gasteiger partial charge on any atom is 0.231 e. The van der Waals surface area contributed by atoms with Gasteiger partial charge in [0.1, 0.15) is 23.2 Å². The minimum Gasteiger partial charge on any atom is -0.467 e. The van der Waals surface area contributed by atoms with E-state index in [2.05, 4.69) is 9.88 Å². The molecule has 0 spiro atoms. The number of aromatic nitrogens is 2. The Hall–Kier alpha value is -2.83. The van der Waals surface area contributed by atoms with Crippen molar-refractivity contribution in [3.05, 3.63) is 41.3 Å². The van der Waals surface area contributed by atoms with Crippen LogP contribution in [0.2, 0.25) is 0 Å². The minimum absolute atomic E-state index is 0.0627. The first-order valence-electron chi connectivity index (χ1n) is 9.70. The molecule has 0 N–H and O–H groups in total. The lowest BCUT2D eigenvalue weighted by atomic mass is 9.96. The molecule has 1 fully saturated rings. The van der Waals surface area contributed by atoms with Crippen LogP contribution in [0.15, 0.2) is 27.2 Å². The second-order valence-corrected chi connectivity index (χ2v) is 7.62. The number of anilines is 1. The summed E-state index contributed by atoms with van der Waals surface area (Å²) in [6.45, 7) is 7.87. The van der Waals surface area contributed by atoms with E-state index in [4.69, 9.17) is 13.8 Å². The third-order valence-electron chi connectivity index (χ3n) is 5.54. The largest absolute Gasteiger partial charge is 0.467 e. The number of hydrogen-bond acceptors (Lipinski definition) is 6. The third-order valence-corrected chi connectivity index (χ3v) is 5.54. The molecule has 28 heavy (non-hydrogen) atoms. The smallest absolute Gasteiger partial charge is 0.231 e. The molecular weight excluding hydrogens is 356 g/mol. The monoisotopic (exact) mass is 382 g/mol. The lowest BCUT2D eigenvalue weighted by Gasteiger charge is -2.34. The number of carbonyl (C=O) groups is 1. The van der Waals surface area contributed by atoms with E-state index >= 15 is 0 Å². The minimum atomic E-state index is -0.0627. The van der Waals surface area contributed by atoms with Crippen molar-refractivity contribution < 1.29 is 13.6 Å². The molecule has 0 aromatic carbocycles. The number of nitrogens with zero attached hydrogens (tertiary/aromatic N) is 4. The SMILES string of the molecule is Cc1nc(N2CCCC(C(=O)N(C)Cc3ccco3)C2)c2c(C)c(C)oc2n1. The highest BCUT2D eigenvalue weighted by Crippen LogP contribution is 2.33. The Morgan fingerprint density at radius 3 is 2.89 bits per heavy atom. The third kappa shape index (κ3) is 3.37. The molecule has 4 rings (SSSR count). The molecule has 0 radical (unpaired) electrons. The van der Waals surface area contributed by atoms with Gasteiger partial charge in [0.15, 0.2) is 0 Å². The first-order valence-corrected chi connectivity index (χ1v) is 9.70. The van der Waals surface area contributed by atoms with Crippen molar-refractivity contribution in [2.45, 2.75) is 40.2 Å². The fourth-order valence-corrected chi connectivity index (χ4v) is 3.96. The molecule has 0 bridgehead atoms. The summed E-state index contributed by atoms with van der Waals surface area (Å²) in [6.07, 6.45) is 3.47. The molecule has 7 heteroatoms. The summed E-state index contributed by atoms with van der Waals surface area (Å²) in [5, 5.41) is 0.958. The Morgan fingerprint density at radius 2 is 2.14 bits per heavy atom. The molecule has 1 aliphatic rings. The summed E-state index contributed by atoms with van der Waals surface area (Å²) in [5.41, 5.74) is 1.69. The molecule has 1 saturated heterocycles. The van der Waals surface area contributed by atoms with E-state index in [1.165, 1.54) is 0 Å². The van der Waals surface area contributed by atoms with Gasteiger partial charge in [-0.1, -0.05) is 0 Å². The first kappa shape index (κ1) is 18.5. The van der Waals surface area contributed by atoms with Crippen molar-refractivity contribution in [1.82, 2.24) is 14.9 Å². The number of amides is 1. The van der Waals surface area contributed by atoms with Gasteiger partial charge in [0, 0.05) is 25.7 Å². The Bertz CT molecular complexity index is 993. The normalized spacial score (nSPS) is 17.3. The average molecular weight is 382 g/mol. The van der Waals surface area contributed by atoms with Gasteiger partial charge < -0.3 is 18.6 Å². The fourth-order valence-electron chi connectivity index (χ4n) is 3.96. The van der Waals surface area contributed by atoms with Crippen LogP contribution >= 0.6 is 0 Å². The van der Waals surface area contributed by atoms with Crippen LogP contribution < -0.4 is 4.90 Å². The van der Waals surface area contributed by atoms with E-state index < -0.39 is 0 Å². The van der Waals surface area contributed by atoms with Crippen molar-refractivity contribution in [3.63, 3.8) is 0 Å². The Morgan fingerprint density at radius 1 is 1.32 bits per heavy atom. The summed E-state index contributed by atoms with van der Waals surface area (Å²) in [4.78, 5) is 26.1. The number of aryl methyl sites for hydroxylation is 3. The zero-order valence-electron chi connectivity index (χ0n) is 16.9. The van der Waals surface area contributed by atoms with Gasteiger partial charge in [-0.3, -0.25) is 4.79 Å². The number of piperidine rings is 1. The van der Waals surface area contributed by atoms with Gasteiger partial charge in [0.05, 0.1) is 24.1 Å². The maximum absolute atomic E-state index is 13.0. The lowest BCUT2D eigenvalue weighted by Crippen LogP contribution is -2.44. The Balaban J connectivity index is 1.57. The molecule has 3 aromatic heterocycles. The highest BCUT2D eigenvalue weighted by Gasteiger charge is 2.30. The molecule has 4 heterocycles. The molecule has 1 amide bonds. The van der Waals surface area contributed by atoms with Gasteiger partial charge in [0.25, 0.3) is 0 Å². The molecule has 148 valence electrons. The number of rotatable bonds is 4. The fraction of sp³-hybridized carbons (Fsp3) is 0.476. The molecule has 1 atom stereocenters. The quantitative estimate of drug-likeness (QED) is 0.686. The first-order chi connectivity index (χ1) is 13.4. The topological polar surface area (TPSA) is 75.6 Å². The van der Waals surface area contributed by atoms with Crippen molar-refractivity contribution in [2.24, 2.45) is 5.92 Å². The maximum atomic E-state index is 13.0. The van der Waals surface area contributed by atoms with Crippen molar-refractivity contribution in [3.8, 4) is 0 Å². The predicted octanol–water partition coefficient (Wildman–Crippen LogP) is 3.62. The van der Waals surface area contributed by atoms with Crippen LogP contribution in [-0.2, 0) is 11.3 Å². The van der Waals surface area contributed by atoms with E-state index in [0.29, 0.717) is 24.6 Å². The molecule has 3 aromatic rings. The molecule has 0 saturated carbocycles. The van der Waals surface area contributed by atoms with Gasteiger partial charge in [-0.25, -0.2) is 4.98 Å². The van der Waals surface area contributed by atoms with Crippen LogP contribution in [0.3, 0.4) is 0 Å². The molecule has 0 aliphatic carbocycles. The number of hydrogen-bond donors (Lipinski definition) is 0. The zero-order valence-corrected chi connectivity index (χ0v) is 16.9. The number of fused-ring (bicyclic) bond motifs is 1. The Labute approximate surface area is 164 Å². The van der Waals surface area contributed by atoms with E-state index in [1.54, 1.807) is 11.2 Å². The standard InChI is InChI=1S/C21H26N4O3/c1-13-14(2)28-20-18(13)19(22-15(3)23-20)25-9-5-7-16(11-25)21(26)24(4)12-17-8-6-10-27-17/h6,8,10,16H,5,7,9,11-12H2,1-4H3. The number of carbonyl (C=O) groups excluding carboxylic acids is 1. The Kier molecular flexibility index (Phi) is 4.83. The summed E-state index contributed by atoms with van der Waals surface area (Å²) < 4.78 is 11.2. The van der Waals surface area contributed by atoms with Crippen LogP contribution in [0, 0.1) is 26.7 Å². The molecule has 1 unspecified atom stereocenters. The summed E-state index contributed by atoms with van der Waals surface area (Å²) in [6, 6.07) is 3.73. The zero-order chi connectivity index (χ0) is 19.8. The molecular formula is C21H26N4O3. The van der Waals surface area contributed by atoms with E-state index in [9.17, 15) is 4.79 Å². The highest BCUT2D eigenvalue weighted by atomic mass is 16.3. The second kappa shape index (κ2) is 7.30. The van der Waals surface area contributed by atoms with Gasteiger partial charge >= 0.3 is 0 Å². The molecule has 7 nitrogen and oxygen atoms in total. The van der Waals surface area contributed by atoms with Crippen molar-refractivity contribution >= 4 is 22.8 Å². The highest BCUT2D eigenvalue weighted by molar-refractivity contribution is 5.90. The van der Waals surface area contributed by atoms with Gasteiger partial charge in [-0.05, 0) is 45.7 Å². The van der Waals surface area contributed by atoms with Gasteiger partial charge in [-0.15, -0.1) is 0 Å². The average Bonchev–Trinajstić information content (AvgIpc) is 3.28. The lowest BCUT2D eigenvalue weighted by molar-refractivity contribution is -0.135. The molecule has 1 aliphatic heterocycles. The van der Waals surface area contributed by atoms with Gasteiger partial charge in [0.2, 0.25) is 11.6 Å². The van der Waals surface area contributed by atoms with Crippen LogP contribution in [0.5, 0.6) is 0 Å². The van der Waals surface area contributed by atoms with E-state index in [-0.39, 0.29) is 11.8 Å². The second-order valence-electron chi connectivity index (χ2n) is 7.62. The van der Waals surface area contributed by atoms with E-state index in [1.807, 2.05) is 40.0 Å². The number of furan rings is 2. The van der Waals surface area contributed by atoms with Crippen LogP contribution in [0.25, 0.3) is 11.1 Å².